The quantitative estimate of drug-likeness (QED) is 0.814. The standard InChI is InChI=1S/C12H19N3OS/c1-2-3-12(4-5-12)8-14-10(16)6-9-7-17-11(13)15-9/h7H,2-6,8H2,1H3,(H2,13,15)(H,14,16). The Morgan fingerprint density at radius 1 is 1.65 bits per heavy atom. The van der Waals surface area contributed by atoms with Crippen molar-refractivity contribution in [2.45, 2.75) is 39.0 Å². The lowest BCUT2D eigenvalue weighted by Crippen LogP contribution is -2.31. The highest BCUT2D eigenvalue weighted by molar-refractivity contribution is 7.13. The van der Waals surface area contributed by atoms with Gasteiger partial charge in [-0.25, -0.2) is 4.98 Å². The lowest BCUT2D eigenvalue weighted by Gasteiger charge is -2.14. The van der Waals surface area contributed by atoms with E-state index in [0.29, 0.717) is 17.0 Å². The van der Waals surface area contributed by atoms with E-state index in [0.717, 1.165) is 12.2 Å². The minimum Gasteiger partial charge on any atom is -0.375 e. The van der Waals surface area contributed by atoms with Crippen molar-refractivity contribution in [2.75, 3.05) is 12.3 Å². The summed E-state index contributed by atoms with van der Waals surface area (Å²) in [6.45, 7) is 3.01. The van der Waals surface area contributed by atoms with Crippen LogP contribution in [0.5, 0.6) is 0 Å². The minimum absolute atomic E-state index is 0.0534. The molecule has 0 unspecified atom stereocenters. The molecule has 1 amide bonds. The van der Waals surface area contributed by atoms with Crippen molar-refractivity contribution in [3.63, 3.8) is 0 Å². The van der Waals surface area contributed by atoms with Gasteiger partial charge in [0.15, 0.2) is 5.13 Å². The second-order valence-electron chi connectivity index (χ2n) is 4.88. The first-order valence-corrected chi connectivity index (χ1v) is 6.98. The van der Waals surface area contributed by atoms with Crippen LogP contribution in [0.4, 0.5) is 5.13 Å². The van der Waals surface area contributed by atoms with Gasteiger partial charge in [-0.05, 0) is 24.7 Å². The number of amides is 1. The molecule has 1 aromatic heterocycles. The Kier molecular flexibility index (Phi) is 3.66. The highest BCUT2D eigenvalue weighted by Crippen LogP contribution is 2.48. The molecule has 1 saturated carbocycles. The van der Waals surface area contributed by atoms with Crippen molar-refractivity contribution in [2.24, 2.45) is 5.41 Å². The second kappa shape index (κ2) is 5.04. The highest BCUT2D eigenvalue weighted by atomic mass is 32.1. The third-order valence-corrected chi connectivity index (χ3v) is 4.03. The van der Waals surface area contributed by atoms with Crippen LogP contribution in [0, 0.1) is 5.41 Å². The fourth-order valence-corrected chi connectivity index (χ4v) is 2.70. The monoisotopic (exact) mass is 253 g/mol. The molecule has 0 bridgehead atoms. The summed E-state index contributed by atoms with van der Waals surface area (Å²) >= 11 is 1.38. The summed E-state index contributed by atoms with van der Waals surface area (Å²) in [5.41, 5.74) is 6.70. The van der Waals surface area contributed by atoms with Gasteiger partial charge >= 0.3 is 0 Å². The van der Waals surface area contributed by atoms with Crippen LogP contribution in [0.1, 0.15) is 38.3 Å². The molecule has 1 fully saturated rings. The second-order valence-corrected chi connectivity index (χ2v) is 5.77. The summed E-state index contributed by atoms with van der Waals surface area (Å²) in [4.78, 5) is 15.8. The van der Waals surface area contributed by atoms with Crippen LogP contribution < -0.4 is 11.1 Å². The van der Waals surface area contributed by atoms with Crippen molar-refractivity contribution < 1.29 is 4.79 Å². The maximum Gasteiger partial charge on any atom is 0.226 e. The predicted molar refractivity (Wildman–Crippen MR) is 69.8 cm³/mol. The van der Waals surface area contributed by atoms with Crippen LogP contribution in [-0.4, -0.2) is 17.4 Å². The first-order chi connectivity index (χ1) is 8.13. The molecule has 0 spiro atoms. The first-order valence-electron chi connectivity index (χ1n) is 6.10. The average molecular weight is 253 g/mol. The molecule has 2 rings (SSSR count). The van der Waals surface area contributed by atoms with Gasteiger partial charge in [-0.15, -0.1) is 11.3 Å². The summed E-state index contributed by atoms with van der Waals surface area (Å²) < 4.78 is 0. The van der Waals surface area contributed by atoms with Gasteiger partial charge in [-0.2, -0.15) is 0 Å². The molecule has 1 aliphatic carbocycles. The molecule has 0 atom stereocenters. The Bertz CT molecular complexity index is 398. The van der Waals surface area contributed by atoms with E-state index in [1.165, 1.54) is 37.0 Å². The number of anilines is 1. The molecule has 0 aromatic carbocycles. The van der Waals surface area contributed by atoms with Gasteiger partial charge in [-0.3, -0.25) is 4.79 Å². The zero-order valence-electron chi connectivity index (χ0n) is 10.2. The number of nitrogens with zero attached hydrogens (tertiary/aromatic N) is 1. The zero-order chi connectivity index (χ0) is 12.3. The fraction of sp³-hybridized carbons (Fsp3) is 0.667. The summed E-state index contributed by atoms with van der Waals surface area (Å²) in [6, 6.07) is 0. The normalized spacial score (nSPS) is 16.8. The molecule has 17 heavy (non-hydrogen) atoms. The van der Waals surface area contributed by atoms with E-state index in [4.69, 9.17) is 5.73 Å². The lowest BCUT2D eigenvalue weighted by atomic mass is 10.0. The Hall–Kier alpha value is -1.10. The van der Waals surface area contributed by atoms with E-state index < -0.39 is 0 Å². The number of carbonyl (C=O) groups excluding carboxylic acids is 1. The van der Waals surface area contributed by atoms with E-state index in [9.17, 15) is 4.79 Å². The lowest BCUT2D eigenvalue weighted by molar-refractivity contribution is -0.120. The first kappa shape index (κ1) is 12.4. The molecule has 1 aliphatic rings. The number of thiazole rings is 1. The topological polar surface area (TPSA) is 68.0 Å². The summed E-state index contributed by atoms with van der Waals surface area (Å²) in [5, 5.41) is 5.38. The largest absolute Gasteiger partial charge is 0.375 e. The van der Waals surface area contributed by atoms with Crippen molar-refractivity contribution in [1.82, 2.24) is 10.3 Å². The Morgan fingerprint density at radius 3 is 2.94 bits per heavy atom. The maximum absolute atomic E-state index is 11.7. The third-order valence-electron chi connectivity index (χ3n) is 3.31. The zero-order valence-corrected chi connectivity index (χ0v) is 11.0. The fourth-order valence-electron chi connectivity index (χ4n) is 2.14. The van der Waals surface area contributed by atoms with E-state index in [1.54, 1.807) is 0 Å². The Balaban J connectivity index is 1.74. The number of hydrogen-bond acceptors (Lipinski definition) is 4. The van der Waals surface area contributed by atoms with Crippen LogP contribution >= 0.6 is 11.3 Å². The van der Waals surface area contributed by atoms with Gasteiger partial charge < -0.3 is 11.1 Å². The number of carbonyl (C=O) groups is 1. The molecule has 0 aliphatic heterocycles. The van der Waals surface area contributed by atoms with E-state index in [1.807, 2.05) is 5.38 Å². The van der Waals surface area contributed by atoms with Crippen molar-refractivity contribution >= 4 is 22.4 Å². The molecule has 1 aromatic rings. The van der Waals surface area contributed by atoms with E-state index >= 15 is 0 Å². The highest BCUT2D eigenvalue weighted by Gasteiger charge is 2.41. The molecule has 0 saturated heterocycles. The minimum atomic E-state index is 0.0534. The van der Waals surface area contributed by atoms with Crippen molar-refractivity contribution in [3.8, 4) is 0 Å². The molecule has 5 heteroatoms. The van der Waals surface area contributed by atoms with Crippen LogP contribution in [0.3, 0.4) is 0 Å². The summed E-state index contributed by atoms with van der Waals surface area (Å²) in [7, 11) is 0. The van der Waals surface area contributed by atoms with Gasteiger partial charge in [0, 0.05) is 11.9 Å². The van der Waals surface area contributed by atoms with Crippen LogP contribution in [0.15, 0.2) is 5.38 Å². The van der Waals surface area contributed by atoms with Crippen molar-refractivity contribution in [3.05, 3.63) is 11.1 Å². The molecule has 4 nitrogen and oxygen atoms in total. The Labute approximate surface area is 106 Å². The van der Waals surface area contributed by atoms with E-state index in [-0.39, 0.29) is 5.91 Å². The van der Waals surface area contributed by atoms with Gasteiger partial charge in [0.05, 0.1) is 12.1 Å². The molecule has 1 heterocycles. The van der Waals surface area contributed by atoms with Gasteiger partial charge in [0.2, 0.25) is 5.91 Å². The van der Waals surface area contributed by atoms with Gasteiger partial charge in [0.1, 0.15) is 0 Å². The van der Waals surface area contributed by atoms with Crippen LogP contribution in [0.2, 0.25) is 0 Å². The summed E-state index contributed by atoms with van der Waals surface area (Å²) in [6.07, 6.45) is 5.26. The van der Waals surface area contributed by atoms with Crippen molar-refractivity contribution in [1.29, 1.82) is 0 Å². The number of hydrogen-bond donors (Lipinski definition) is 2. The van der Waals surface area contributed by atoms with Crippen LogP contribution in [-0.2, 0) is 11.2 Å². The number of aromatic nitrogens is 1. The molecule has 3 N–H and O–H groups in total. The Morgan fingerprint density at radius 2 is 2.41 bits per heavy atom. The predicted octanol–water partition coefficient (Wildman–Crippen LogP) is 1.96. The number of nitrogen functional groups attached to an aromatic ring is 1. The third kappa shape index (κ3) is 3.43. The van der Waals surface area contributed by atoms with E-state index in [2.05, 4.69) is 17.2 Å². The van der Waals surface area contributed by atoms with Crippen LogP contribution in [0.25, 0.3) is 0 Å². The number of nitrogens with two attached hydrogens (primary N) is 1. The number of nitrogens with one attached hydrogen (secondary N) is 1. The smallest absolute Gasteiger partial charge is 0.226 e. The SMILES string of the molecule is CCCC1(CNC(=O)Cc2csc(N)n2)CC1. The maximum atomic E-state index is 11.7. The van der Waals surface area contributed by atoms with Gasteiger partial charge in [-0.1, -0.05) is 13.3 Å². The molecule has 0 radical (unpaired) electrons. The molecular formula is C12H19N3OS. The summed E-state index contributed by atoms with van der Waals surface area (Å²) in [5.74, 6) is 0.0534. The van der Waals surface area contributed by atoms with Gasteiger partial charge in [0.25, 0.3) is 0 Å². The average Bonchev–Trinajstić information content (AvgIpc) is 2.94. The molecule has 94 valence electrons. The number of rotatable bonds is 6. The molecular weight excluding hydrogens is 234 g/mol.